The van der Waals surface area contributed by atoms with Crippen molar-refractivity contribution in [3.8, 4) is 0 Å². The molecule has 236 valence electrons. The first-order valence-electron chi connectivity index (χ1n) is 16.3. The van der Waals surface area contributed by atoms with Crippen LogP contribution in [-0.2, 0) is 4.74 Å². The molecule has 3 aromatic carbocycles. The Hall–Kier alpha value is -4.60. The topological polar surface area (TPSA) is 92.6 Å². The number of aromatic nitrogens is 3. The van der Waals surface area contributed by atoms with E-state index < -0.39 is 6.23 Å². The van der Waals surface area contributed by atoms with Gasteiger partial charge in [-0.15, -0.1) is 0 Å². The van der Waals surface area contributed by atoms with Crippen molar-refractivity contribution in [2.45, 2.75) is 51.9 Å². The standard InChI is InChI=1S/C37H40N6O3/c1-4-46-36(29-15-9-11-25-12-10-20-38-33(25)29)43-31-17-8-7-16-30(31)40-37(43)39-26-18-21-41(22-19-26)32(24(2)3)23-42-34(44)27-13-5-6-14-28(27)35(42)45/h5-17,20,24,26,32,36H,4,18-19,21-23H2,1-3H3,(H,39,40). The number of para-hydroxylation sites is 3. The van der Waals surface area contributed by atoms with Crippen LogP contribution in [0.1, 0.15) is 66.1 Å². The van der Waals surface area contributed by atoms with E-state index in [1.807, 2.05) is 49.5 Å². The number of rotatable bonds is 10. The largest absolute Gasteiger partial charge is 0.354 e. The molecule has 4 heterocycles. The molecule has 2 aromatic heterocycles. The highest BCUT2D eigenvalue weighted by Crippen LogP contribution is 2.34. The van der Waals surface area contributed by atoms with Crippen LogP contribution in [0.15, 0.2) is 85.1 Å². The van der Waals surface area contributed by atoms with E-state index in [1.54, 1.807) is 12.1 Å². The van der Waals surface area contributed by atoms with Crippen LogP contribution < -0.4 is 5.32 Å². The Labute approximate surface area is 269 Å². The quantitative estimate of drug-likeness (QED) is 0.183. The molecular formula is C37H40N6O3. The number of hydrogen-bond acceptors (Lipinski definition) is 7. The van der Waals surface area contributed by atoms with Gasteiger partial charge in [0.2, 0.25) is 5.95 Å². The minimum Gasteiger partial charge on any atom is -0.354 e. The van der Waals surface area contributed by atoms with Gasteiger partial charge in [-0.05, 0) is 56.0 Å². The molecule has 2 amide bonds. The predicted molar refractivity (Wildman–Crippen MR) is 180 cm³/mol. The third-order valence-corrected chi connectivity index (χ3v) is 9.43. The molecule has 2 aliphatic heterocycles. The number of anilines is 1. The molecule has 0 saturated carbocycles. The van der Waals surface area contributed by atoms with E-state index in [0.717, 1.165) is 59.4 Å². The van der Waals surface area contributed by atoms with Gasteiger partial charge in [0, 0.05) is 55.5 Å². The van der Waals surface area contributed by atoms with Gasteiger partial charge in [-0.1, -0.05) is 62.4 Å². The Morgan fingerprint density at radius 2 is 1.59 bits per heavy atom. The van der Waals surface area contributed by atoms with Crippen molar-refractivity contribution < 1.29 is 14.3 Å². The van der Waals surface area contributed by atoms with Crippen molar-refractivity contribution in [2.75, 3.05) is 31.6 Å². The second-order valence-electron chi connectivity index (χ2n) is 12.6. The van der Waals surface area contributed by atoms with Crippen molar-refractivity contribution in [1.82, 2.24) is 24.3 Å². The number of likely N-dealkylation sites (tertiary alicyclic amines) is 1. The molecule has 46 heavy (non-hydrogen) atoms. The van der Waals surface area contributed by atoms with Gasteiger partial charge in [0.1, 0.15) is 0 Å². The number of imide groups is 1. The Morgan fingerprint density at radius 1 is 0.891 bits per heavy atom. The van der Waals surface area contributed by atoms with Crippen LogP contribution in [0.3, 0.4) is 0 Å². The Balaban J connectivity index is 1.12. The maximum atomic E-state index is 13.1. The molecule has 0 aliphatic carbocycles. The number of nitrogens with zero attached hydrogens (tertiary/aromatic N) is 5. The van der Waals surface area contributed by atoms with Crippen LogP contribution >= 0.6 is 0 Å². The van der Waals surface area contributed by atoms with Crippen LogP contribution in [0.4, 0.5) is 5.95 Å². The molecule has 2 unspecified atom stereocenters. The lowest BCUT2D eigenvalue weighted by Gasteiger charge is -2.41. The summed E-state index contributed by atoms with van der Waals surface area (Å²) in [5.41, 5.74) is 4.82. The fraction of sp³-hybridized carbons (Fsp3) is 0.351. The number of imidazole rings is 1. The maximum absolute atomic E-state index is 13.1. The SMILES string of the molecule is CCOC(c1cccc2cccnc12)n1c(NC2CCN(C(CN3C(=O)c4ccccc4C3=O)C(C)C)CC2)nc2ccccc21. The molecule has 1 fully saturated rings. The van der Waals surface area contributed by atoms with E-state index in [9.17, 15) is 9.59 Å². The zero-order valence-electron chi connectivity index (χ0n) is 26.6. The fourth-order valence-corrected chi connectivity index (χ4v) is 7.07. The fourth-order valence-electron chi connectivity index (χ4n) is 7.07. The van der Waals surface area contributed by atoms with Crippen LogP contribution in [0.2, 0.25) is 0 Å². The molecule has 9 nitrogen and oxygen atoms in total. The normalized spacial score (nSPS) is 17.3. The average Bonchev–Trinajstić information content (AvgIpc) is 3.56. The van der Waals surface area contributed by atoms with Crippen LogP contribution in [0, 0.1) is 5.92 Å². The lowest BCUT2D eigenvalue weighted by Crippen LogP contribution is -2.52. The summed E-state index contributed by atoms with van der Waals surface area (Å²) in [5, 5.41) is 4.86. The first kappa shape index (κ1) is 30.1. The molecule has 1 N–H and O–H groups in total. The Bertz CT molecular complexity index is 1850. The number of pyridine rings is 1. The van der Waals surface area contributed by atoms with Crippen LogP contribution in [0.25, 0.3) is 21.9 Å². The number of hydrogen-bond donors (Lipinski definition) is 1. The maximum Gasteiger partial charge on any atom is 0.261 e. The molecule has 0 bridgehead atoms. The first-order chi connectivity index (χ1) is 22.4. The van der Waals surface area contributed by atoms with E-state index in [-0.39, 0.29) is 29.8 Å². The van der Waals surface area contributed by atoms with E-state index in [0.29, 0.717) is 24.3 Å². The lowest BCUT2D eigenvalue weighted by molar-refractivity contribution is 0.0454. The third-order valence-electron chi connectivity index (χ3n) is 9.43. The van der Waals surface area contributed by atoms with Gasteiger partial charge in [-0.2, -0.15) is 0 Å². The molecular weight excluding hydrogens is 576 g/mol. The van der Waals surface area contributed by atoms with Gasteiger partial charge in [0.15, 0.2) is 6.23 Å². The smallest absolute Gasteiger partial charge is 0.261 e. The van der Waals surface area contributed by atoms with Gasteiger partial charge in [-0.3, -0.25) is 28.9 Å². The van der Waals surface area contributed by atoms with Crippen molar-refractivity contribution in [2.24, 2.45) is 5.92 Å². The summed E-state index contributed by atoms with van der Waals surface area (Å²) in [7, 11) is 0. The van der Waals surface area contributed by atoms with Gasteiger partial charge in [0.25, 0.3) is 11.8 Å². The number of carbonyl (C=O) groups is 2. The molecule has 1 saturated heterocycles. The van der Waals surface area contributed by atoms with Gasteiger partial charge < -0.3 is 10.1 Å². The number of benzene rings is 3. The first-order valence-corrected chi connectivity index (χ1v) is 16.3. The molecule has 7 rings (SSSR count). The third kappa shape index (κ3) is 5.43. The highest BCUT2D eigenvalue weighted by molar-refractivity contribution is 6.21. The summed E-state index contributed by atoms with van der Waals surface area (Å²) >= 11 is 0. The monoisotopic (exact) mass is 616 g/mol. The van der Waals surface area contributed by atoms with Crippen molar-refractivity contribution in [3.05, 3.63) is 102 Å². The summed E-state index contributed by atoms with van der Waals surface area (Å²) in [4.78, 5) is 40.0. The van der Waals surface area contributed by atoms with Crippen LogP contribution in [-0.4, -0.2) is 74.5 Å². The van der Waals surface area contributed by atoms with E-state index in [2.05, 4.69) is 59.0 Å². The molecule has 5 aromatic rings. The summed E-state index contributed by atoms with van der Waals surface area (Å²) in [6, 6.07) is 25.8. The molecule has 9 heteroatoms. The molecule has 2 atom stereocenters. The summed E-state index contributed by atoms with van der Waals surface area (Å²) in [6.45, 7) is 8.99. The van der Waals surface area contributed by atoms with E-state index in [4.69, 9.17) is 14.7 Å². The van der Waals surface area contributed by atoms with Crippen LogP contribution in [0.5, 0.6) is 0 Å². The molecule has 0 radical (unpaired) electrons. The second-order valence-corrected chi connectivity index (χ2v) is 12.6. The van der Waals surface area contributed by atoms with Gasteiger partial charge >= 0.3 is 0 Å². The Kier molecular flexibility index (Phi) is 8.27. The highest BCUT2D eigenvalue weighted by Gasteiger charge is 2.39. The minimum atomic E-state index is -0.413. The predicted octanol–water partition coefficient (Wildman–Crippen LogP) is 6.37. The number of amides is 2. The number of ether oxygens (including phenoxy) is 1. The molecule has 2 aliphatic rings. The van der Waals surface area contributed by atoms with Gasteiger partial charge in [0.05, 0.1) is 27.7 Å². The Morgan fingerprint density at radius 3 is 2.30 bits per heavy atom. The number of fused-ring (bicyclic) bond motifs is 3. The van der Waals surface area contributed by atoms with E-state index in [1.165, 1.54) is 4.90 Å². The summed E-state index contributed by atoms with van der Waals surface area (Å²) in [6.07, 6.45) is 3.23. The summed E-state index contributed by atoms with van der Waals surface area (Å²) < 4.78 is 8.65. The van der Waals surface area contributed by atoms with Crippen molar-refractivity contribution in [3.63, 3.8) is 0 Å². The van der Waals surface area contributed by atoms with Crippen molar-refractivity contribution >= 4 is 39.7 Å². The second kappa shape index (κ2) is 12.7. The molecule has 0 spiro atoms. The highest BCUT2D eigenvalue weighted by atomic mass is 16.5. The lowest BCUT2D eigenvalue weighted by atomic mass is 9.97. The zero-order chi connectivity index (χ0) is 31.8. The van der Waals surface area contributed by atoms with E-state index >= 15 is 0 Å². The number of nitrogens with one attached hydrogen (secondary N) is 1. The van der Waals surface area contributed by atoms with Crippen molar-refractivity contribution in [1.29, 1.82) is 0 Å². The summed E-state index contributed by atoms with van der Waals surface area (Å²) in [5.74, 6) is 0.677. The zero-order valence-corrected chi connectivity index (χ0v) is 26.6. The number of piperidine rings is 1. The van der Waals surface area contributed by atoms with Gasteiger partial charge in [-0.25, -0.2) is 4.98 Å². The number of carbonyl (C=O) groups excluding carboxylic acids is 2. The minimum absolute atomic E-state index is 0.0777. The average molecular weight is 617 g/mol.